The molecule has 0 bridgehead atoms. The second kappa shape index (κ2) is 4.27. The Morgan fingerprint density at radius 1 is 1.67 bits per heavy atom. The maximum absolute atomic E-state index is 6.45. The van der Waals surface area contributed by atoms with E-state index in [-0.39, 0.29) is 0 Å². The Hall–Kier alpha value is -0.725. The lowest BCUT2D eigenvalue weighted by Crippen LogP contribution is -1.93. The van der Waals surface area contributed by atoms with Crippen LogP contribution in [0.15, 0.2) is 12.3 Å². The van der Waals surface area contributed by atoms with E-state index in [0.717, 1.165) is 0 Å². The zero-order chi connectivity index (χ0) is 4.83. The minimum absolute atomic E-state index is 1.22. The summed E-state index contributed by atoms with van der Waals surface area (Å²) in [5.41, 5.74) is 0. The Kier molecular flexibility index (Phi) is 3.76. The van der Waals surface area contributed by atoms with E-state index in [1.54, 1.807) is 20.3 Å². The van der Waals surface area contributed by atoms with Crippen molar-refractivity contribution in [3.8, 4) is 0 Å². The van der Waals surface area contributed by atoms with E-state index in [1.165, 1.54) is 6.21 Å². The SMILES string of the molecule is BN/C=C\C=N. The summed E-state index contributed by atoms with van der Waals surface area (Å²) in [5.74, 6) is 0. The van der Waals surface area contributed by atoms with Crippen molar-refractivity contribution >= 4 is 14.2 Å². The lowest BCUT2D eigenvalue weighted by atomic mass is 10.4. The summed E-state index contributed by atoms with van der Waals surface area (Å²) in [6.07, 6.45) is 4.52. The van der Waals surface area contributed by atoms with Crippen LogP contribution in [-0.4, -0.2) is 14.2 Å². The lowest BCUT2D eigenvalue weighted by molar-refractivity contribution is 1.39. The van der Waals surface area contributed by atoms with Gasteiger partial charge in [0.1, 0.15) is 0 Å². The average Bonchev–Trinajstić information content (AvgIpc) is 1.61. The molecule has 0 aromatic carbocycles. The second-order valence-corrected chi connectivity index (χ2v) is 0.814. The zero-order valence-electron chi connectivity index (χ0n) is 3.73. The van der Waals surface area contributed by atoms with Crippen LogP contribution in [0, 0.1) is 5.41 Å². The van der Waals surface area contributed by atoms with Crippen molar-refractivity contribution < 1.29 is 0 Å². The average molecular weight is 81.9 g/mol. The molecule has 2 N–H and O–H groups in total. The second-order valence-electron chi connectivity index (χ2n) is 0.814. The quantitative estimate of drug-likeness (QED) is 0.335. The Balaban J connectivity index is 2.94. The van der Waals surface area contributed by atoms with E-state index in [2.05, 4.69) is 5.23 Å². The van der Waals surface area contributed by atoms with E-state index in [4.69, 9.17) is 5.41 Å². The molecule has 32 valence electrons. The van der Waals surface area contributed by atoms with Crippen molar-refractivity contribution in [2.24, 2.45) is 0 Å². The summed E-state index contributed by atoms with van der Waals surface area (Å²) in [6.45, 7) is 0. The van der Waals surface area contributed by atoms with Gasteiger partial charge in [0.2, 0.25) is 7.98 Å². The summed E-state index contributed by atoms with van der Waals surface area (Å²) in [5, 5.41) is 9.19. The molecular weight excluding hydrogens is 74.9 g/mol. The van der Waals surface area contributed by atoms with Gasteiger partial charge < -0.3 is 10.6 Å². The predicted octanol–water partition coefficient (Wildman–Crippen LogP) is -0.713. The van der Waals surface area contributed by atoms with E-state index >= 15 is 0 Å². The highest BCUT2D eigenvalue weighted by Crippen LogP contribution is 1.51. The van der Waals surface area contributed by atoms with Gasteiger partial charge >= 0.3 is 0 Å². The summed E-state index contributed by atoms with van der Waals surface area (Å²) in [6, 6.07) is 0. The van der Waals surface area contributed by atoms with Crippen LogP contribution in [0.5, 0.6) is 0 Å². The van der Waals surface area contributed by atoms with Crippen LogP contribution in [0.1, 0.15) is 0 Å². The van der Waals surface area contributed by atoms with Gasteiger partial charge in [-0.2, -0.15) is 0 Å². The third-order valence-electron chi connectivity index (χ3n) is 0.359. The molecule has 0 saturated carbocycles. The molecule has 0 aliphatic rings. The summed E-state index contributed by atoms with van der Waals surface area (Å²) in [4.78, 5) is 0. The van der Waals surface area contributed by atoms with Gasteiger partial charge in [-0.05, 0) is 12.3 Å². The molecular formula is C3H7BN2. The molecule has 0 heterocycles. The van der Waals surface area contributed by atoms with Crippen molar-refractivity contribution in [2.75, 3.05) is 0 Å². The molecule has 0 amide bonds. The standard InChI is InChI=1S/C3H7BN2/c4-6-3-1-2-5/h1-3,5-6H,4H2/b3-1-,5-2?. The van der Waals surface area contributed by atoms with Gasteiger partial charge in [-0.3, -0.25) is 0 Å². The van der Waals surface area contributed by atoms with Crippen LogP contribution in [0.2, 0.25) is 0 Å². The zero-order valence-corrected chi connectivity index (χ0v) is 3.73. The lowest BCUT2D eigenvalue weighted by Gasteiger charge is -1.75. The van der Waals surface area contributed by atoms with Crippen LogP contribution >= 0.6 is 0 Å². The number of rotatable bonds is 2. The van der Waals surface area contributed by atoms with Crippen molar-refractivity contribution in [3.63, 3.8) is 0 Å². The van der Waals surface area contributed by atoms with E-state index in [0.29, 0.717) is 0 Å². The molecule has 0 spiro atoms. The molecule has 0 fully saturated rings. The summed E-state index contributed by atoms with van der Waals surface area (Å²) in [7, 11) is 1.79. The van der Waals surface area contributed by atoms with Crippen LogP contribution in [0.25, 0.3) is 0 Å². The smallest absolute Gasteiger partial charge is 0.213 e. The fourth-order valence-electron chi connectivity index (χ4n) is 0.144. The molecule has 0 atom stereocenters. The molecule has 0 rings (SSSR count). The van der Waals surface area contributed by atoms with E-state index < -0.39 is 0 Å². The number of hydrogen-bond donors (Lipinski definition) is 2. The van der Waals surface area contributed by atoms with Crippen LogP contribution < -0.4 is 5.23 Å². The van der Waals surface area contributed by atoms with Crippen molar-refractivity contribution in [1.29, 1.82) is 5.41 Å². The molecule has 2 nitrogen and oxygen atoms in total. The minimum atomic E-state index is 1.22. The first-order valence-electron chi connectivity index (χ1n) is 1.74. The van der Waals surface area contributed by atoms with Crippen molar-refractivity contribution in [3.05, 3.63) is 12.3 Å². The van der Waals surface area contributed by atoms with Crippen molar-refractivity contribution in [1.82, 2.24) is 5.23 Å². The van der Waals surface area contributed by atoms with Crippen LogP contribution in [0.3, 0.4) is 0 Å². The predicted molar refractivity (Wildman–Crippen MR) is 29.6 cm³/mol. The third-order valence-corrected chi connectivity index (χ3v) is 0.359. The minimum Gasteiger partial charge on any atom is -0.440 e. The van der Waals surface area contributed by atoms with Gasteiger partial charge in [0.25, 0.3) is 0 Å². The highest BCUT2D eigenvalue weighted by Gasteiger charge is 1.52. The largest absolute Gasteiger partial charge is 0.440 e. The van der Waals surface area contributed by atoms with Crippen LogP contribution in [0.4, 0.5) is 0 Å². The summed E-state index contributed by atoms with van der Waals surface area (Å²) < 4.78 is 0. The van der Waals surface area contributed by atoms with Gasteiger partial charge in [-0.15, -0.1) is 0 Å². The Morgan fingerprint density at radius 3 is 2.50 bits per heavy atom. The normalized spacial score (nSPS) is 8.67. The Bertz CT molecular complexity index is 59.8. The number of hydrogen-bond acceptors (Lipinski definition) is 2. The Labute approximate surface area is 38.2 Å². The maximum atomic E-state index is 6.45. The first-order valence-corrected chi connectivity index (χ1v) is 1.74. The molecule has 0 radical (unpaired) electrons. The van der Waals surface area contributed by atoms with Gasteiger partial charge in [0, 0.05) is 6.21 Å². The van der Waals surface area contributed by atoms with Gasteiger partial charge in [-0.25, -0.2) is 0 Å². The fourth-order valence-corrected chi connectivity index (χ4v) is 0.144. The maximum Gasteiger partial charge on any atom is 0.213 e. The Morgan fingerprint density at radius 2 is 2.33 bits per heavy atom. The van der Waals surface area contributed by atoms with E-state index in [1.807, 2.05) is 0 Å². The molecule has 3 heteroatoms. The van der Waals surface area contributed by atoms with Gasteiger partial charge in [-0.1, -0.05) is 0 Å². The monoisotopic (exact) mass is 82.1 g/mol. The molecule has 0 unspecified atom stereocenters. The molecule has 0 aromatic heterocycles. The number of allylic oxidation sites excluding steroid dienone is 1. The first-order chi connectivity index (χ1) is 2.91. The summed E-state index contributed by atoms with van der Waals surface area (Å²) >= 11 is 0. The van der Waals surface area contributed by atoms with Gasteiger partial charge in [0.15, 0.2) is 0 Å². The fraction of sp³-hybridized carbons (Fsp3) is 0. The topological polar surface area (TPSA) is 35.9 Å². The van der Waals surface area contributed by atoms with E-state index in [9.17, 15) is 0 Å². The molecule has 0 aliphatic heterocycles. The molecule has 0 aliphatic carbocycles. The van der Waals surface area contributed by atoms with Gasteiger partial charge in [0.05, 0.1) is 0 Å². The highest BCUT2D eigenvalue weighted by atomic mass is 14.7. The first kappa shape index (κ1) is 5.27. The highest BCUT2D eigenvalue weighted by molar-refractivity contribution is 6.05. The molecule has 0 saturated heterocycles. The van der Waals surface area contributed by atoms with Crippen molar-refractivity contribution in [2.45, 2.75) is 0 Å². The molecule has 6 heavy (non-hydrogen) atoms. The van der Waals surface area contributed by atoms with Crippen LogP contribution in [-0.2, 0) is 0 Å². The number of nitrogens with one attached hydrogen (secondary N) is 2. The molecule has 0 aromatic rings. The third kappa shape index (κ3) is 3.27.